The molecule has 0 unspecified atom stereocenters. The lowest BCUT2D eigenvalue weighted by Gasteiger charge is -2.37. The second-order valence-electron chi connectivity index (χ2n) is 5.76. The van der Waals surface area contributed by atoms with Crippen LogP contribution in [0.25, 0.3) is 0 Å². The average molecular weight is 363 g/mol. The molecule has 0 bridgehead atoms. The van der Waals surface area contributed by atoms with Crippen LogP contribution in [0.5, 0.6) is 23.0 Å². The van der Waals surface area contributed by atoms with Crippen LogP contribution in [-0.4, -0.2) is 45.8 Å². The van der Waals surface area contributed by atoms with Crippen LogP contribution in [-0.2, 0) is 10.0 Å². The van der Waals surface area contributed by atoms with E-state index in [1.807, 2.05) is 18.2 Å². The Bertz CT molecular complexity index is 892. The number of nitrogens with zero attached hydrogens (tertiary/aromatic N) is 1. The van der Waals surface area contributed by atoms with E-state index in [1.54, 1.807) is 19.2 Å². The van der Waals surface area contributed by atoms with Crippen molar-refractivity contribution in [2.75, 3.05) is 27.0 Å². The van der Waals surface area contributed by atoms with Crippen molar-refractivity contribution in [3.8, 4) is 23.0 Å². The number of benzene rings is 2. The molecule has 2 aromatic carbocycles. The Hall–Kier alpha value is -2.45. The minimum Gasteiger partial charge on any atom is -0.497 e. The summed E-state index contributed by atoms with van der Waals surface area (Å²) in [6, 6.07) is 11.9. The molecular weight excluding hydrogens is 346 g/mol. The Balaban J connectivity index is 1.42. The maximum Gasteiger partial charge on any atom is 0.243 e. The first-order valence-electron chi connectivity index (χ1n) is 7.77. The van der Waals surface area contributed by atoms with Gasteiger partial charge in [-0.25, -0.2) is 8.42 Å². The lowest BCUT2D eigenvalue weighted by atomic mass is 10.2. The van der Waals surface area contributed by atoms with Crippen molar-refractivity contribution in [2.24, 2.45) is 0 Å². The smallest absolute Gasteiger partial charge is 0.243 e. The fourth-order valence-corrected chi connectivity index (χ4v) is 4.24. The zero-order valence-corrected chi connectivity index (χ0v) is 14.4. The summed E-state index contributed by atoms with van der Waals surface area (Å²) in [5.74, 6) is 2.36. The highest BCUT2D eigenvalue weighted by Crippen LogP contribution is 2.35. The van der Waals surface area contributed by atoms with Crippen molar-refractivity contribution >= 4 is 10.0 Å². The van der Waals surface area contributed by atoms with Gasteiger partial charge >= 0.3 is 0 Å². The number of rotatable bonds is 5. The van der Waals surface area contributed by atoms with Gasteiger partial charge in [-0.1, -0.05) is 6.07 Å². The van der Waals surface area contributed by atoms with Gasteiger partial charge in [-0.05, 0) is 24.3 Å². The molecule has 2 heterocycles. The van der Waals surface area contributed by atoms with Gasteiger partial charge in [0.1, 0.15) is 17.6 Å². The molecule has 1 fully saturated rings. The quantitative estimate of drug-likeness (QED) is 0.807. The normalized spacial score (nSPS) is 17.2. The monoisotopic (exact) mass is 363 g/mol. The van der Waals surface area contributed by atoms with E-state index in [0.29, 0.717) is 36.1 Å². The van der Waals surface area contributed by atoms with Crippen LogP contribution in [0.1, 0.15) is 0 Å². The molecule has 2 aliphatic rings. The van der Waals surface area contributed by atoms with Gasteiger partial charge < -0.3 is 18.9 Å². The summed E-state index contributed by atoms with van der Waals surface area (Å²) in [5.41, 5.74) is 0. The summed E-state index contributed by atoms with van der Waals surface area (Å²) in [6.07, 6.45) is -0.184. The van der Waals surface area contributed by atoms with E-state index in [9.17, 15) is 8.42 Å². The van der Waals surface area contributed by atoms with Gasteiger partial charge in [0.05, 0.1) is 25.1 Å². The molecule has 132 valence electrons. The summed E-state index contributed by atoms with van der Waals surface area (Å²) in [4.78, 5) is 0.191. The van der Waals surface area contributed by atoms with Crippen LogP contribution >= 0.6 is 0 Å². The molecule has 0 saturated carbocycles. The van der Waals surface area contributed by atoms with Crippen LogP contribution in [0.15, 0.2) is 47.4 Å². The van der Waals surface area contributed by atoms with E-state index in [1.165, 1.54) is 16.4 Å². The Morgan fingerprint density at radius 3 is 2.60 bits per heavy atom. The van der Waals surface area contributed by atoms with Crippen molar-refractivity contribution in [2.45, 2.75) is 11.0 Å². The van der Waals surface area contributed by atoms with Crippen molar-refractivity contribution in [3.63, 3.8) is 0 Å². The third-order valence-electron chi connectivity index (χ3n) is 4.14. The second-order valence-corrected chi connectivity index (χ2v) is 7.69. The lowest BCUT2D eigenvalue weighted by molar-refractivity contribution is 0.0760. The molecule has 0 atom stereocenters. The average Bonchev–Trinajstić information content (AvgIpc) is 3.05. The predicted molar refractivity (Wildman–Crippen MR) is 88.7 cm³/mol. The van der Waals surface area contributed by atoms with Gasteiger partial charge in [0.15, 0.2) is 11.5 Å². The van der Waals surface area contributed by atoms with E-state index in [-0.39, 0.29) is 17.8 Å². The number of sulfonamides is 1. The molecule has 0 radical (unpaired) electrons. The Morgan fingerprint density at radius 2 is 1.80 bits per heavy atom. The van der Waals surface area contributed by atoms with Crippen molar-refractivity contribution in [3.05, 3.63) is 42.5 Å². The van der Waals surface area contributed by atoms with E-state index >= 15 is 0 Å². The van der Waals surface area contributed by atoms with Gasteiger partial charge in [0.25, 0.3) is 0 Å². The molecule has 0 aliphatic carbocycles. The van der Waals surface area contributed by atoms with E-state index in [0.717, 1.165) is 0 Å². The standard InChI is InChI=1S/C17H17NO6S/c1-21-12-3-2-4-13(7-12)24-14-9-18(10-14)25(19,20)15-5-6-16-17(8-15)23-11-22-16/h2-8,14H,9-11H2,1H3. The first kappa shape index (κ1) is 16.0. The number of hydrogen-bond acceptors (Lipinski definition) is 6. The SMILES string of the molecule is COc1cccc(OC2CN(S(=O)(=O)c3ccc4c(c3)OCO4)C2)c1. The number of methoxy groups -OCH3 is 1. The Kier molecular flexibility index (Phi) is 3.93. The fraction of sp³-hybridized carbons (Fsp3) is 0.294. The number of hydrogen-bond donors (Lipinski definition) is 0. The largest absolute Gasteiger partial charge is 0.497 e. The van der Waals surface area contributed by atoms with Crippen LogP contribution in [0.2, 0.25) is 0 Å². The molecule has 4 rings (SSSR count). The maximum absolute atomic E-state index is 12.7. The van der Waals surface area contributed by atoms with Gasteiger partial charge in [0.2, 0.25) is 16.8 Å². The topological polar surface area (TPSA) is 74.3 Å². The van der Waals surface area contributed by atoms with E-state index in [2.05, 4.69) is 0 Å². The number of fused-ring (bicyclic) bond motifs is 1. The highest BCUT2D eigenvalue weighted by atomic mass is 32.2. The highest BCUT2D eigenvalue weighted by Gasteiger charge is 2.38. The molecule has 25 heavy (non-hydrogen) atoms. The Labute approximate surface area is 145 Å². The maximum atomic E-state index is 12.7. The summed E-state index contributed by atoms with van der Waals surface area (Å²) in [5, 5.41) is 0. The number of ether oxygens (including phenoxy) is 4. The molecule has 0 N–H and O–H groups in total. The lowest BCUT2D eigenvalue weighted by Crippen LogP contribution is -2.55. The van der Waals surface area contributed by atoms with E-state index < -0.39 is 10.0 Å². The van der Waals surface area contributed by atoms with Crippen LogP contribution in [0, 0.1) is 0 Å². The molecular formula is C17H17NO6S. The summed E-state index contributed by atoms with van der Waals surface area (Å²) in [7, 11) is -1.98. The third-order valence-corrected chi connectivity index (χ3v) is 5.97. The molecule has 7 nitrogen and oxygen atoms in total. The van der Waals surface area contributed by atoms with Gasteiger partial charge in [-0.2, -0.15) is 4.31 Å². The minimum absolute atomic E-state index is 0.110. The zero-order chi connectivity index (χ0) is 17.4. The molecule has 2 aromatic rings. The molecule has 2 aliphatic heterocycles. The van der Waals surface area contributed by atoms with Crippen molar-refractivity contribution < 1.29 is 27.4 Å². The van der Waals surface area contributed by atoms with Crippen molar-refractivity contribution in [1.29, 1.82) is 0 Å². The summed E-state index contributed by atoms with van der Waals surface area (Å²) >= 11 is 0. The second kappa shape index (κ2) is 6.12. The molecule has 0 spiro atoms. The van der Waals surface area contributed by atoms with Crippen LogP contribution < -0.4 is 18.9 Å². The Morgan fingerprint density at radius 1 is 1.04 bits per heavy atom. The highest BCUT2D eigenvalue weighted by molar-refractivity contribution is 7.89. The zero-order valence-electron chi connectivity index (χ0n) is 13.5. The first-order chi connectivity index (χ1) is 12.1. The van der Waals surface area contributed by atoms with Gasteiger partial charge in [0, 0.05) is 12.1 Å². The summed E-state index contributed by atoms with van der Waals surface area (Å²) in [6.45, 7) is 0.709. The van der Waals surface area contributed by atoms with Crippen LogP contribution in [0.3, 0.4) is 0 Å². The predicted octanol–water partition coefficient (Wildman–Crippen LogP) is 1.88. The third kappa shape index (κ3) is 2.98. The van der Waals surface area contributed by atoms with Crippen molar-refractivity contribution in [1.82, 2.24) is 4.31 Å². The first-order valence-corrected chi connectivity index (χ1v) is 9.21. The fourth-order valence-electron chi connectivity index (χ4n) is 2.72. The molecule has 0 aromatic heterocycles. The van der Waals surface area contributed by atoms with Gasteiger partial charge in [-0.15, -0.1) is 0 Å². The molecule has 0 amide bonds. The van der Waals surface area contributed by atoms with Crippen LogP contribution in [0.4, 0.5) is 0 Å². The van der Waals surface area contributed by atoms with E-state index in [4.69, 9.17) is 18.9 Å². The van der Waals surface area contributed by atoms with Gasteiger partial charge in [-0.3, -0.25) is 0 Å². The molecule has 8 heteroatoms. The summed E-state index contributed by atoms with van der Waals surface area (Å²) < 4.78 is 48.1. The minimum atomic E-state index is -3.57. The molecule has 1 saturated heterocycles.